The van der Waals surface area contributed by atoms with Crippen molar-refractivity contribution in [1.82, 2.24) is 5.32 Å². The molecule has 0 saturated heterocycles. The van der Waals surface area contributed by atoms with Crippen molar-refractivity contribution in [3.63, 3.8) is 0 Å². The number of nitrogens with one attached hydrogen (secondary N) is 1. The van der Waals surface area contributed by atoms with Crippen LogP contribution in [0.15, 0.2) is 24.3 Å². The molecule has 2 N–H and O–H groups in total. The van der Waals surface area contributed by atoms with Gasteiger partial charge in [0.2, 0.25) is 0 Å². The summed E-state index contributed by atoms with van der Waals surface area (Å²) in [6.07, 6.45) is 2.85. The van der Waals surface area contributed by atoms with Gasteiger partial charge in [-0.25, -0.2) is 0 Å². The van der Waals surface area contributed by atoms with Gasteiger partial charge >= 0.3 is 0 Å². The highest BCUT2D eigenvalue weighted by molar-refractivity contribution is 5.35. The van der Waals surface area contributed by atoms with Gasteiger partial charge in [-0.1, -0.05) is 25.1 Å². The highest BCUT2D eigenvalue weighted by atomic mass is 16.5. The van der Waals surface area contributed by atoms with E-state index < -0.39 is 0 Å². The Hall–Kier alpha value is -1.06. The van der Waals surface area contributed by atoms with Gasteiger partial charge < -0.3 is 15.2 Å². The zero-order valence-corrected chi connectivity index (χ0v) is 11.6. The first kappa shape index (κ1) is 15.0. The summed E-state index contributed by atoms with van der Waals surface area (Å²) < 4.78 is 5.41. The minimum Gasteiger partial charge on any atom is -0.496 e. The van der Waals surface area contributed by atoms with Crippen LogP contribution in [-0.2, 0) is 0 Å². The Morgan fingerprint density at radius 1 is 1.33 bits per heavy atom. The average Bonchev–Trinajstić information content (AvgIpc) is 2.42. The standard InChI is InChI=1S/C15H25NO2/c1-4-14(16-12(2)8-7-11-17)13-9-5-6-10-15(13)18-3/h5-6,9-10,12,14,16-17H,4,7-8,11H2,1-3H3. The van der Waals surface area contributed by atoms with E-state index in [0.717, 1.165) is 25.0 Å². The van der Waals surface area contributed by atoms with Crippen molar-refractivity contribution in [1.29, 1.82) is 0 Å². The molecule has 1 rings (SSSR count). The second kappa shape index (κ2) is 8.11. The molecule has 102 valence electrons. The molecule has 1 aromatic rings. The normalized spacial score (nSPS) is 14.2. The number of hydrogen-bond donors (Lipinski definition) is 2. The fraction of sp³-hybridized carbons (Fsp3) is 0.600. The Bertz CT molecular complexity index is 341. The molecule has 0 fully saturated rings. The predicted molar refractivity (Wildman–Crippen MR) is 74.9 cm³/mol. The maximum atomic E-state index is 8.86. The molecular formula is C15H25NO2. The molecule has 0 amide bonds. The fourth-order valence-electron chi connectivity index (χ4n) is 2.21. The summed E-state index contributed by atoms with van der Waals surface area (Å²) >= 11 is 0. The van der Waals surface area contributed by atoms with Gasteiger partial charge in [0.1, 0.15) is 5.75 Å². The van der Waals surface area contributed by atoms with Crippen LogP contribution in [0.4, 0.5) is 0 Å². The fourth-order valence-corrected chi connectivity index (χ4v) is 2.21. The van der Waals surface area contributed by atoms with Crippen LogP contribution < -0.4 is 10.1 Å². The molecule has 3 nitrogen and oxygen atoms in total. The van der Waals surface area contributed by atoms with Crippen molar-refractivity contribution >= 4 is 0 Å². The minimum absolute atomic E-state index is 0.261. The molecule has 0 aliphatic heterocycles. The van der Waals surface area contributed by atoms with Crippen molar-refractivity contribution in [2.24, 2.45) is 0 Å². The third-order valence-corrected chi connectivity index (χ3v) is 3.20. The Labute approximate surface area is 110 Å². The maximum Gasteiger partial charge on any atom is 0.123 e. The van der Waals surface area contributed by atoms with Crippen LogP contribution >= 0.6 is 0 Å². The van der Waals surface area contributed by atoms with Crippen molar-refractivity contribution in [2.45, 2.75) is 45.2 Å². The molecule has 0 saturated carbocycles. The molecular weight excluding hydrogens is 226 g/mol. The molecule has 2 unspecified atom stereocenters. The second-order valence-electron chi connectivity index (χ2n) is 4.64. The molecule has 0 aromatic heterocycles. The van der Waals surface area contributed by atoms with Gasteiger partial charge in [0.15, 0.2) is 0 Å². The molecule has 18 heavy (non-hydrogen) atoms. The van der Waals surface area contributed by atoms with Gasteiger partial charge in [0, 0.05) is 24.3 Å². The highest BCUT2D eigenvalue weighted by Crippen LogP contribution is 2.27. The topological polar surface area (TPSA) is 41.5 Å². The number of methoxy groups -OCH3 is 1. The zero-order valence-electron chi connectivity index (χ0n) is 11.6. The zero-order chi connectivity index (χ0) is 13.4. The van der Waals surface area contributed by atoms with Crippen molar-refractivity contribution < 1.29 is 9.84 Å². The van der Waals surface area contributed by atoms with E-state index >= 15 is 0 Å². The summed E-state index contributed by atoms with van der Waals surface area (Å²) in [4.78, 5) is 0. The summed E-state index contributed by atoms with van der Waals surface area (Å²) in [6, 6.07) is 8.84. The molecule has 3 heteroatoms. The maximum absolute atomic E-state index is 8.86. The van der Waals surface area contributed by atoms with Crippen LogP contribution in [0, 0.1) is 0 Å². The minimum atomic E-state index is 0.261. The molecule has 0 radical (unpaired) electrons. The van der Waals surface area contributed by atoms with Gasteiger partial charge in [-0.3, -0.25) is 0 Å². The number of para-hydroxylation sites is 1. The second-order valence-corrected chi connectivity index (χ2v) is 4.64. The van der Waals surface area contributed by atoms with Gasteiger partial charge in [0.25, 0.3) is 0 Å². The first-order valence-corrected chi connectivity index (χ1v) is 6.72. The number of benzene rings is 1. The van der Waals surface area contributed by atoms with E-state index in [-0.39, 0.29) is 6.61 Å². The summed E-state index contributed by atoms with van der Waals surface area (Å²) in [5.41, 5.74) is 1.21. The van der Waals surface area contributed by atoms with Crippen molar-refractivity contribution in [3.05, 3.63) is 29.8 Å². The molecule has 0 heterocycles. The van der Waals surface area contributed by atoms with E-state index in [1.165, 1.54) is 5.56 Å². The molecule has 0 aliphatic rings. The van der Waals surface area contributed by atoms with Gasteiger partial charge in [0.05, 0.1) is 7.11 Å². The Balaban J connectivity index is 2.70. The van der Waals surface area contributed by atoms with E-state index in [4.69, 9.17) is 9.84 Å². The van der Waals surface area contributed by atoms with Crippen LogP contribution in [0.1, 0.15) is 44.7 Å². The summed E-state index contributed by atoms with van der Waals surface area (Å²) in [5, 5.41) is 12.5. The van der Waals surface area contributed by atoms with E-state index in [2.05, 4.69) is 25.2 Å². The van der Waals surface area contributed by atoms with E-state index in [1.54, 1.807) is 7.11 Å². The third-order valence-electron chi connectivity index (χ3n) is 3.20. The lowest BCUT2D eigenvalue weighted by Gasteiger charge is -2.24. The summed E-state index contributed by atoms with van der Waals surface area (Å²) in [5.74, 6) is 0.936. The number of ether oxygens (including phenoxy) is 1. The Morgan fingerprint density at radius 2 is 2.06 bits per heavy atom. The lowest BCUT2D eigenvalue weighted by atomic mass is 10.0. The molecule has 0 aliphatic carbocycles. The predicted octanol–water partition coefficient (Wildman–Crippen LogP) is 2.90. The lowest BCUT2D eigenvalue weighted by Crippen LogP contribution is -2.30. The lowest BCUT2D eigenvalue weighted by molar-refractivity contribution is 0.272. The largest absolute Gasteiger partial charge is 0.496 e. The first-order valence-electron chi connectivity index (χ1n) is 6.72. The van der Waals surface area contributed by atoms with Gasteiger partial charge in [-0.2, -0.15) is 0 Å². The summed E-state index contributed by atoms with van der Waals surface area (Å²) in [7, 11) is 1.71. The first-order chi connectivity index (χ1) is 8.72. The van der Waals surface area contributed by atoms with Crippen molar-refractivity contribution in [3.8, 4) is 5.75 Å². The SMILES string of the molecule is CCC(NC(C)CCCO)c1ccccc1OC. The van der Waals surface area contributed by atoms with E-state index in [9.17, 15) is 0 Å². The van der Waals surface area contributed by atoms with Crippen LogP contribution in [-0.4, -0.2) is 24.9 Å². The average molecular weight is 251 g/mol. The quantitative estimate of drug-likeness (QED) is 0.746. The van der Waals surface area contributed by atoms with Crippen LogP contribution in [0.25, 0.3) is 0 Å². The van der Waals surface area contributed by atoms with Crippen LogP contribution in [0.2, 0.25) is 0 Å². The van der Waals surface area contributed by atoms with Gasteiger partial charge in [-0.05, 0) is 32.3 Å². The van der Waals surface area contributed by atoms with Gasteiger partial charge in [-0.15, -0.1) is 0 Å². The van der Waals surface area contributed by atoms with Crippen LogP contribution in [0.3, 0.4) is 0 Å². The monoisotopic (exact) mass is 251 g/mol. The van der Waals surface area contributed by atoms with Crippen molar-refractivity contribution in [2.75, 3.05) is 13.7 Å². The van der Waals surface area contributed by atoms with Crippen LogP contribution in [0.5, 0.6) is 5.75 Å². The number of aliphatic hydroxyl groups excluding tert-OH is 1. The highest BCUT2D eigenvalue weighted by Gasteiger charge is 2.15. The molecule has 0 spiro atoms. The molecule has 1 aromatic carbocycles. The van der Waals surface area contributed by atoms with E-state index in [0.29, 0.717) is 12.1 Å². The Kier molecular flexibility index (Phi) is 6.76. The summed E-state index contributed by atoms with van der Waals surface area (Å²) in [6.45, 7) is 4.59. The smallest absolute Gasteiger partial charge is 0.123 e. The molecule has 2 atom stereocenters. The molecule has 0 bridgehead atoms. The number of hydrogen-bond acceptors (Lipinski definition) is 3. The third kappa shape index (κ3) is 4.31. The Morgan fingerprint density at radius 3 is 2.67 bits per heavy atom. The van der Waals surface area contributed by atoms with E-state index in [1.807, 2.05) is 18.2 Å². The number of rotatable bonds is 8. The number of aliphatic hydroxyl groups is 1.